The van der Waals surface area contributed by atoms with E-state index in [4.69, 9.17) is 9.47 Å². The van der Waals surface area contributed by atoms with Crippen LogP contribution >= 0.6 is 12.4 Å². The molecule has 0 amide bonds. The predicted molar refractivity (Wildman–Crippen MR) is 132 cm³/mol. The molecule has 2 aliphatic heterocycles. The smallest absolute Gasteiger partial charge is 0.350 e. The molecular weight excluding hydrogens is 440 g/mol. The molecule has 1 fully saturated rings. The van der Waals surface area contributed by atoms with E-state index in [0.29, 0.717) is 18.0 Å². The van der Waals surface area contributed by atoms with Crippen molar-refractivity contribution < 1.29 is 9.47 Å². The van der Waals surface area contributed by atoms with Gasteiger partial charge in [0, 0.05) is 50.9 Å². The number of rotatable bonds is 5. The Labute approximate surface area is 200 Å². The van der Waals surface area contributed by atoms with Crippen LogP contribution in [0.1, 0.15) is 11.1 Å². The van der Waals surface area contributed by atoms with Gasteiger partial charge in [-0.05, 0) is 29.7 Å². The lowest BCUT2D eigenvalue weighted by atomic mass is 9.96. The van der Waals surface area contributed by atoms with Crippen LogP contribution in [0.25, 0.3) is 11.3 Å². The fraction of sp³-hybridized carbons (Fsp3) is 0.360. The van der Waals surface area contributed by atoms with Crippen LogP contribution in [0.2, 0.25) is 0 Å². The molecule has 7 nitrogen and oxygen atoms in total. The van der Waals surface area contributed by atoms with Gasteiger partial charge in [0.15, 0.2) is 11.5 Å². The molecule has 1 saturated heterocycles. The molecule has 0 radical (unpaired) electrons. The van der Waals surface area contributed by atoms with E-state index >= 15 is 0 Å². The third kappa shape index (κ3) is 4.56. The van der Waals surface area contributed by atoms with Crippen molar-refractivity contribution in [1.82, 2.24) is 14.5 Å². The van der Waals surface area contributed by atoms with Gasteiger partial charge in [-0.15, -0.1) is 12.4 Å². The number of halogens is 1. The molecule has 0 bridgehead atoms. The minimum Gasteiger partial charge on any atom is -0.493 e. The SMILES string of the molecule is COc1cc2c(cc1OC)-c1cc(N3CCN(Cc4ccccc4)CC3)nc(=O)n1CC2.Cl. The monoisotopic (exact) mass is 468 g/mol. The van der Waals surface area contributed by atoms with Crippen molar-refractivity contribution in [3.63, 3.8) is 0 Å². The molecule has 0 aliphatic carbocycles. The summed E-state index contributed by atoms with van der Waals surface area (Å²) in [6.07, 6.45) is 0.766. The van der Waals surface area contributed by atoms with E-state index in [1.54, 1.807) is 18.8 Å². The number of hydrogen-bond acceptors (Lipinski definition) is 6. The number of fused-ring (bicyclic) bond motifs is 3. The molecule has 0 N–H and O–H groups in total. The number of anilines is 1. The van der Waals surface area contributed by atoms with E-state index in [9.17, 15) is 4.79 Å². The standard InChI is InChI=1S/C25H28N4O3.ClH/c1-31-22-14-19-8-9-29-21(20(19)15-23(22)32-2)16-24(26-25(29)30)28-12-10-27(11-13-28)17-18-6-4-3-5-7-18;/h3-7,14-16H,8-13,17H2,1-2H3;1H. The van der Waals surface area contributed by atoms with Crippen LogP contribution in [0.4, 0.5) is 5.82 Å². The van der Waals surface area contributed by atoms with Gasteiger partial charge in [0.25, 0.3) is 0 Å². The quantitative estimate of drug-likeness (QED) is 0.573. The van der Waals surface area contributed by atoms with Gasteiger partial charge in [-0.1, -0.05) is 30.3 Å². The third-order valence-electron chi connectivity index (χ3n) is 6.43. The van der Waals surface area contributed by atoms with Crippen LogP contribution in [-0.2, 0) is 19.5 Å². The molecule has 174 valence electrons. The number of aryl methyl sites for hydroxylation is 1. The van der Waals surface area contributed by atoms with Gasteiger partial charge in [-0.3, -0.25) is 9.47 Å². The van der Waals surface area contributed by atoms with Gasteiger partial charge >= 0.3 is 5.69 Å². The van der Waals surface area contributed by atoms with E-state index in [1.807, 2.05) is 18.2 Å². The molecule has 3 heterocycles. The molecule has 0 atom stereocenters. The summed E-state index contributed by atoms with van der Waals surface area (Å²) in [6.45, 7) is 5.15. The van der Waals surface area contributed by atoms with Crippen LogP contribution in [0.5, 0.6) is 11.5 Å². The number of benzene rings is 2. The summed E-state index contributed by atoms with van der Waals surface area (Å²) in [7, 11) is 3.28. The molecule has 0 saturated carbocycles. The molecule has 0 spiro atoms. The molecule has 33 heavy (non-hydrogen) atoms. The van der Waals surface area contributed by atoms with Crippen molar-refractivity contribution in [3.05, 3.63) is 70.1 Å². The van der Waals surface area contributed by atoms with Gasteiger partial charge in [0.2, 0.25) is 0 Å². The Morgan fingerprint density at radius 3 is 2.30 bits per heavy atom. The van der Waals surface area contributed by atoms with Gasteiger partial charge < -0.3 is 14.4 Å². The van der Waals surface area contributed by atoms with Crippen LogP contribution < -0.4 is 20.1 Å². The Bertz CT molecular complexity index is 1170. The zero-order valence-corrected chi connectivity index (χ0v) is 19.8. The number of piperazine rings is 1. The van der Waals surface area contributed by atoms with Crippen LogP contribution in [-0.4, -0.2) is 54.8 Å². The van der Waals surface area contributed by atoms with Crippen LogP contribution in [0.15, 0.2) is 53.3 Å². The Kier molecular flexibility index (Phi) is 6.91. The van der Waals surface area contributed by atoms with Gasteiger partial charge in [0.1, 0.15) is 5.82 Å². The summed E-state index contributed by atoms with van der Waals surface area (Å²) < 4.78 is 12.7. The first-order chi connectivity index (χ1) is 15.7. The summed E-state index contributed by atoms with van der Waals surface area (Å²) in [4.78, 5) is 22.0. The topological polar surface area (TPSA) is 59.8 Å². The average Bonchev–Trinajstić information content (AvgIpc) is 2.84. The van der Waals surface area contributed by atoms with E-state index in [-0.39, 0.29) is 18.1 Å². The molecule has 2 aromatic carbocycles. The highest BCUT2D eigenvalue weighted by Gasteiger charge is 2.24. The van der Waals surface area contributed by atoms with Crippen molar-refractivity contribution >= 4 is 18.2 Å². The van der Waals surface area contributed by atoms with Gasteiger partial charge in [0.05, 0.1) is 19.9 Å². The Morgan fingerprint density at radius 1 is 0.909 bits per heavy atom. The van der Waals surface area contributed by atoms with Crippen molar-refractivity contribution in [1.29, 1.82) is 0 Å². The van der Waals surface area contributed by atoms with Gasteiger partial charge in [-0.25, -0.2) is 4.79 Å². The minimum absolute atomic E-state index is 0. The van der Waals surface area contributed by atoms with E-state index in [0.717, 1.165) is 61.8 Å². The maximum absolute atomic E-state index is 12.9. The lowest BCUT2D eigenvalue weighted by Crippen LogP contribution is -2.47. The summed E-state index contributed by atoms with van der Waals surface area (Å²) in [5, 5.41) is 0. The van der Waals surface area contributed by atoms with Crippen LogP contribution in [0, 0.1) is 0 Å². The van der Waals surface area contributed by atoms with E-state index < -0.39 is 0 Å². The Morgan fingerprint density at radius 2 is 1.61 bits per heavy atom. The number of methoxy groups -OCH3 is 2. The summed E-state index contributed by atoms with van der Waals surface area (Å²) >= 11 is 0. The first kappa shape index (κ1) is 23.1. The zero-order chi connectivity index (χ0) is 22.1. The maximum atomic E-state index is 12.9. The number of aromatic nitrogens is 2. The van der Waals surface area contributed by atoms with Crippen molar-refractivity contribution in [3.8, 4) is 22.8 Å². The third-order valence-corrected chi connectivity index (χ3v) is 6.43. The molecule has 3 aromatic rings. The summed E-state index contributed by atoms with van der Waals surface area (Å²) in [5.41, 5.74) is 4.20. The summed E-state index contributed by atoms with van der Waals surface area (Å²) in [6, 6.07) is 16.6. The predicted octanol–water partition coefficient (Wildman–Crippen LogP) is 3.23. The molecule has 5 rings (SSSR count). The number of hydrogen-bond donors (Lipinski definition) is 0. The lowest BCUT2D eigenvalue weighted by Gasteiger charge is -2.36. The fourth-order valence-corrected chi connectivity index (χ4v) is 4.67. The molecule has 2 aliphatic rings. The van der Waals surface area contributed by atoms with Crippen molar-refractivity contribution in [2.75, 3.05) is 45.3 Å². The lowest BCUT2D eigenvalue weighted by molar-refractivity contribution is 0.249. The maximum Gasteiger partial charge on any atom is 0.350 e. The van der Waals surface area contributed by atoms with Crippen molar-refractivity contribution in [2.24, 2.45) is 0 Å². The fourth-order valence-electron chi connectivity index (χ4n) is 4.67. The number of nitrogens with zero attached hydrogens (tertiary/aromatic N) is 4. The molecule has 8 heteroatoms. The first-order valence-corrected chi connectivity index (χ1v) is 11.0. The minimum atomic E-state index is -0.190. The normalized spacial score (nSPS) is 15.3. The highest BCUT2D eigenvalue weighted by atomic mass is 35.5. The number of ether oxygens (including phenoxy) is 2. The first-order valence-electron chi connectivity index (χ1n) is 11.0. The zero-order valence-electron chi connectivity index (χ0n) is 19.0. The molecule has 1 aromatic heterocycles. The second-order valence-corrected chi connectivity index (χ2v) is 8.30. The molecule has 0 unspecified atom stereocenters. The largest absolute Gasteiger partial charge is 0.493 e. The van der Waals surface area contributed by atoms with Crippen molar-refractivity contribution in [2.45, 2.75) is 19.5 Å². The van der Waals surface area contributed by atoms with E-state index in [1.165, 1.54) is 5.56 Å². The van der Waals surface area contributed by atoms with E-state index in [2.05, 4.69) is 45.1 Å². The summed E-state index contributed by atoms with van der Waals surface area (Å²) in [5.74, 6) is 2.13. The Balaban J connectivity index is 0.00000259. The second kappa shape index (κ2) is 9.85. The highest BCUT2D eigenvalue weighted by Crippen LogP contribution is 2.38. The second-order valence-electron chi connectivity index (χ2n) is 8.30. The molecular formula is C25H29ClN4O3. The van der Waals surface area contributed by atoms with Crippen LogP contribution in [0.3, 0.4) is 0 Å². The van der Waals surface area contributed by atoms with Gasteiger partial charge in [-0.2, -0.15) is 4.98 Å². The highest BCUT2D eigenvalue weighted by molar-refractivity contribution is 5.85. The Hall–Kier alpha value is -3.03. The average molecular weight is 469 g/mol.